The third kappa shape index (κ3) is 3.16. The molecule has 24 heavy (non-hydrogen) atoms. The summed E-state index contributed by atoms with van der Waals surface area (Å²) >= 11 is 6.02. The molecular formula is C18H17ClN4O. The monoisotopic (exact) mass is 340 g/mol. The van der Waals surface area contributed by atoms with Gasteiger partial charge in [-0.1, -0.05) is 29.8 Å². The van der Waals surface area contributed by atoms with E-state index in [-0.39, 0.29) is 11.9 Å². The number of aromatic nitrogens is 3. The molecule has 1 amide bonds. The van der Waals surface area contributed by atoms with Gasteiger partial charge in [-0.2, -0.15) is 4.98 Å². The van der Waals surface area contributed by atoms with Gasteiger partial charge in [-0.3, -0.25) is 10.1 Å². The summed E-state index contributed by atoms with van der Waals surface area (Å²) in [5.41, 5.74) is 3.11. The zero-order valence-corrected chi connectivity index (χ0v) is 14.4. The summed E-state index contributed by atoms with van der Waals surface area (Å²) in [6.07, 6.45) is 0. The van der Waals surface area contributed by atoms with E-state index < -0.39 is 0 Å². The second-order valence-electron chi connectivity index (χ2n) is 5.60. The van der Waals surface area contributed by atoms with Crippen LogP contribution in [0, 0.1) is 20.8 Å². The highest BCUT2D eigenvalue weighted by Crippen LogP contribution is 2.21. The van der Waals surface area contributed by atoms with Crippen molar-refractivity contribution in [3.8, 4) is 5.69 Å². The van der Waals surface area contributed by atoms with Crippen molar-refractivity contribution in [2.45, 2.75) is 20.8 Å². The molecule has 1 aromatic heterocycles. The van der Waals surface area contributed by atoms with E-state index in [4.69, 9.17) is 11.6 Å². The fraction of sp³-hybridized carbons (Fsp3) is 0.167. The van der Waals surface area contributed by atoms with Gasteiger partial charge in [0.1, 0.15) is 5.82 Å². The van der Waals surface area contributed by atoms with Crippen molar-refractivity contribution < 1.29 is 4.79 Å². The fourth-order valence-corrected chi connectivity index (χ4v) is 3.02. The van der Waals surface area contributed by atoms with Crippen molar-refractivity contribution in [2.24, 2.45) is 0 Å². The summed E-state index contributed by atoms with van der Waals surface area (Å²) in [4.78, 5) is 16.9. The predicted molar refractivity (Wildman–Crippen MR) is 95.0 cm³/mol. The first-order chi connectivity index (χ1) is 11.5. The summed E-state index contributed by atoms with van der Waals surface area (Å²) in [6, 6.07) is 13.2. The molecule has 3 aromatic rings. The maximum atomic E-state index is 12.6. The van der Waals surface area contributed by atoms with E-state index in [0.29, 0.717) is 16.4 Å². The Labute approximate surface area is 145 Å². The van der Waals surface area contributed by atoms with Gasteiger partial charge < -0.3 is 0 Å². The highest BCUT2D eigenvalue weighted by molar-refractivity contribution is 6.31. The Morgan fingerprint density at radius 2 is 1.71 bits per heavy atom. The van der Waals surface area contributed by atoms with Crippen molar-refractivity contribution in [2.75, 3.05) is 5.32 Å². The van der Waals surface area contributed by atoms with E-state index in [1.54, 1.807) is 16.8 Å². The molecule has 0 unspecified atom stereocenters. The lowest BCUT2D eigenvalue weighted by Gasteiger charge is -2.09. The Hall–Kier alpha value is -2.66. The number of para-hydroxylation sites is 1. The van der Waals surface area contributed by atoms with Crippen molar-refractivity contribution in [3.63, 3.8) is 0 Å². The minimum atomic E-state index is -0.244. The highest BCUT2D eigenvalue weighted by Gasteiger charge is 2.16. The van der Waals surface area contributed by atoms with Crippen molar-refractivity contribution >= 4 is 23.5 Å². The molecule has 0 atom stereocenters. The molecule has 0 bridgehead atoms. The number of amides is 1. The Kier molecular flexibility index (Phi) is 4.36. The molecule has 0 aliphatic heterocycles. The van der Waals surface area contributed by atoms with Crippen LogP contribution in [0.25, 0.3) is 5.69 Å². The molecule has 122 valence electrons. The molecule has 0 aliphatic carbocycles. The number of carbonyl (C=O) groups is 1. The van der Waals surface area contributed by atoms with E-state index in [1.807, 2.05) is 51.1 Å². The van der Waals surface area contributed by atoms with Crippen molar-refractivity contribution in [3.05, 3.63) is 70.0 Å². The Bertz CT molecular complexity index is 880. The largest absolute Gasteiger partial charge is 0.289 e. The number of hydrogen-bond acceptors (Lipinski definition) is 3. The summed E-state index contributed by atoms with van der Waals surface area (Å²) in [5.74, 6) is 0.725. The molecule has 6 heteroatoms. The van der Waals surface area contributed by atoms with Gasteiger partial charge in [0.05, 0.1) is 5.69 Å². The van der Waals surface area contributed by atoms with Gasteiger partial charge in [-0.25, -0.2) is 4.68 Å². The molecule has 0 radical (unpaired) electrons. The van der Waals surface area contributed by atoms with Gasteiger partial charge in [-0.15, -0.1) is 5.10 Å². The van der Waals surface area contributed by atoms with Crippen LogP contribution in [0.5, 0.6) is 0 Å². The van der Waals surface area contributed by atoms with Crippen LogP contribution in [0.4, 0.5) is 5.95 Å². The van der Waals surface area contributed by atoms with Gasteiger partial charge in [0, 0.05) is 10.6 Å². The number of carbonyl (C=O) groups excluding carboxylic acids is 1. The number of nitrogens with zero attached hydrogens (tertiary/aromatic N) is 3. The van der Waals surface area contributed by atoms with E-state index in [1.165, 1.54) is 0 Å². The van der Waals surface area contributed by atoms with Crippen LogP contribution in [-0.4, -0.2) is 20.7 Å². The van der Waals surface area contributed by atoms with Crippen LogP contribution >= 0.6 is 11.6 Å². The number of anilines is 1. The molecule has 1 N–H and O–H groups in total. The van der Waals surface area contributed by atoms with Gasteiger partial charge in [0.2, 0.25) is 5.95 Å². The average Bonchev–Trinajstić information content (AvgIpc) is 2.87. The highest BCUT2D eigenvalue weighted by atomic mass is 35.5. The van der Waals surface area contributed by atoms with Crippen LogP contribution in [0.3, 0.4) is 0 Å². The Balaban J connectivity index is 1.89. The number of halogens is 1. The smallest absolute Gasteiger partial charge is 0.258 e. The van der Waals surface area contributed by atoms with Gasteiger partial charge in [-0.05, 0) is 56.2 Å². The Morgan fingerprint density at radius 1 is 1.08 bits per heavy atom. The van der Waals surface area contributed by atoms with Crippen molar-refractivity contribution in [1.82, 2.24) is 14.8 Å². The number of benzene rings is 2. The van der Waals surface area contributed by atoms with Gasteiger partial charge in [0.25, 0.3) is 5.91 Å². The SMILES string of the molecule is Cc1cc(Cl)cc(C)c1C(=O)Nc1nc(C)n(-c2ccccc2)n1. The second kappa shape index (κ2) is 6.45. The van der Waals surface area contributed by atoms with E-state index in [9.17, 15) is 4.79 Å². The lowest BCUT2D eigenvalue weighted by atomic mass is 10.0. The van der Waals surface area contributed by atoms with E-state index in [2.05, 4.69) is 15.4 Å². The molecule has 0 saturated heterocycles. The molecule has 1 heterocycles. The molecule has 0 fully saturated rings. The van der Waals surface area contributed by atoms with Crippen LogP contribution in [-0.2, 0) is 0 Å². The zero-order chi connectivity index (χ0) is 17.3. The van der Waals surface area contributed by atoms with Crippen LogP contribution in [0.15, 0.2) is 42.5 Å². The van der Waals surface area contributed by atoms with Crippen LogP contribution in [0.1, 0.15) is 27.3 Å². The topological polar surface area (TPSA) is 59.8 Å². The molecule has 0 saturated carbocycles. The quantitative estimate of drug-likeness (QED) is 0.781. The first kappa shape index (κ1) is 16.2. The summed E-state index contributed by atoms with van der Waals surface area (Å²) in [6.45, 7) is 5.55. The zero-order valence-electron chi connectivity index (χ0n) is 13.7. The third-order valence-corrected chi connectivity index (χ3v) is 3.94. The number of hydrogen-bond donors (Lipinski definition) is 1. The maximum Gasteiger partial charge on any atom is 0.258 e. The minimum Gasteiger partial charge on any atom is -0.289 e. The maximum absolute atomic E-state index is 12.6. The minimum absolute atomic E-state index is 0.244. The molecule has 0 spiro atoms. The van der Waals surface area contributed by atoms with E-state index >= 15 is 0 Å². The Morgan fingerprint density at radius 3 is 2.33 bits per heavy atom. The average molecular weight is 341 g/mol. The first-order valence-corrected chi connectivity index (χ1v) is 7.90. The third-order valence-electron chi connectivity index (χ3n) is 3.72. The predicted octanol–water partition coefficient (Wildman–Crippen LogP) is 4.10. The fourth-order valence-electron chi connectivity index (χ4n) is 2.69. The second-order valence-corrected chi connectivity index (χ2v) is 6.04. The molecule has 2 aromatic carbocycles. The van der Waals surface area contributed by atoms with Gasteiger partial charge in [0.15, 0.2) is 0 Å². The van der Waals surface area contributed by atoms with Crippen LogP contribution in [0.2, 0.25) is 5.02 Å². The molecule has 0 aliphatic rings. The normalized spacial score (nSPS) is 10.7. The summed E-state index contributed by atoms with van der Waals surface area (Å²) in [7, 11) is 0. The molecule has 3 rings (SSSR count). The van der Waals surface area contributed by atoms with E-state index in [0.717, 1.165) is 16.8 Å². The van der Waals surface area contributed by atoms with Gasteiger partial charge >= 0.3 is 0 Å². The lowest BCUT2D eigenvalue weighted by Crippen LogP contribution is -2.16. The standard InChI is InChI=1S/C18H17ClN4O/c1-11-9-14(19)10-12(2)16(11)17(24)21-18-20-13(3)23(22-18)15-7-5-4-6-8-15/h4-10H,1-3H3,(H,21,22,24). The molecular weight excluding hydrogens is 324 g/mol. The number of aryl methyl sites for hydroxylation is 3. The summed E-state index contributed by atoms with van der Waals surface area (Å²) in [5, 5.41) is 7.75. The first-order valence-electron chi connectivity index (χ1n) is 7.53. The molecule has 5 nitrogen and oxygen atoms in total. The number of nitrogens with one attached hydrogen (secondary N) is 1. The van der Waals surface area contributed by atoms with Crippen LogP contribution < -0.4 is 5.32 Å². The summed E-state index contributed by atoms with van der Waals surface area (Å²) < 4.78 is 1.69. The van der Waals surface area contributed by atoms with Crippen molar-refractivity contribution in [1.29, 1.82) is 0 Å². The lowest BCUT2D eigenvalue weighted by molar-refractivity contribution is 0.102. The number of rotatable bonds is 3.